The minimum Gasteiger partial charge on any atom is -0.319 e. The largest absolute Gasteiger partial charge is 0.319 e. The van der Waals surface area contributed by atoms with Crippen LogP contribution in [0.2, 0.25) is 0 Å². The number of amides is 1. The fraction of sp³-hybridized carbons (Fsp3) is 0.154. The number of anilines is 1. The summed E-state index contributed by atoms with van der Waals surface area (Å²) in [5.41, 5.74) is 1.13. The number of aromatic nitrogens is 3. The zero-order valence-electron chi connectivity index (χ0n) is 19.5. The molecule has 0 bridgehead atoms. The molecule has 36 heavy (non-hydrogen) atoms. The quantitative estimate of drug-likeness (QED) is 0.369. The number of benzene rings is 2. The maximum Gasteiger partial charge on any atom is 0.291 e. The molecule has 2 N–H and O–H groups in total. The molecule has 0 aliphatic rings. The van der Waals surface area contributed by atoms with Crippen molar-refractivity contribution in [1.29, 1.82) is 0 Å². The Bertz CT molecular complexity index is 1460. The van der Waals surface area contributed by atoms with Crippen molar-refractivity contribution in [1.82, 2.24) is 19.7 Å². The molecule has 2 heterocycles. The smallest absolute Gasteiger partial charge is 0.291 e. The highest BCUT2D eigenvalue weighted by molar-refractivity contribution is 6.08. The molecule has 0 saturated carbocycles. The van der Waals surface area contributed by atoms with Crippen LogP contribution < -0.4 is 16.2 Å². The fourth-order valence-corrected chi connectivity index (χ4v) is 3.54. The molecule has 4 aromatic rings. The molecule has 2 aromatic carbocycles. The molecule has 0 aliphatic carbocycles. The Balaban J connectivity index is 1.71. The van der Waals surface area contributed by atoms with Gasteiger partial charge in [0.2, 0.25) is 5.91 Å². The predicted molar refractivity (Wildman–Crippen MR) is 130 cm³/mol. The average molecular weight is 491 g/mol. The number of nitrogens with one attached hydrogen (secondary N) is 2. The molecular weight excluding hydrogens is 468 g/mol. The van der Waals surface area contributed by atoms with Crippen molar-refractivity contribution in [2.45, 2.75) is 19.5 Å². The second kappa shape index (κ2) is 10.4. The van der Waals surface area contributed by atoms with Gasteiger partial charge in [-0.25, -0.2) is 13.5 Å². The van der Waals surface area contributed by atoms with Crippen molar-refractivity contribution in [3.8, 4) is 5.69 Å². The van der Waals surface area contributed by atoms with E-state index in [2.05, 4.69) is 15.6 Å². The number of likely N-dealkylation sites (N-methyl/N-ethyl adjacent to an activating group) is 1. The van der Waals surface area contributed by atoms with Gasteiger partial charge in [-0.1, -0.05) is 0 Å². The van der Waals surface area contributed by atoms with E-state index in [1.807, 2.05) is 0 Å². The number of hydrogen-bond acceptors (Lipinski definition) is 5. The fourth-order valence-electron chi connectivity index (χ4n) is 3.54. The number of ketones is 1. The zero-order valence-corrected chi connectivity index (χ0v) is 19.5. The molecule has 0 unspecified atom stereocenters. The van der Waals surface area contributed by atoms with Crippen molar-refractivity contribution in [3.05, 3.63) is 112 Å². The molecule has 0 saturated heterocycles. The minimum absolute atomic E-state index is 0.00516. The summed E-state index contributed by atoms with van der Waals surface area (Å²) < 4.78 is 29.6. The van der Waals surface area contributed by atoms with Crippen molar-refractivity contribution in [3.63, 3.8) is 0 Å². The summed E-state index contributed by atoms with van der Waals surface area (Å²) in [4.78, 5) is 42.6. The Labute approximate surface area is 205 Å². The van der Waals surface area contributed by atoms with Crippen molar-refractivity contribution < 1.29 is 18.4 Å². The maximum absolute atomic E-state index is 13.5. The maximum atomic E-state index is 13.5. The van der Waals surface area contributed by atoms with Crippen molar-refractivity contribution >= 4 is 17.4 Å². The first-order valence-electron chi connectivity index (χ1n) is 11.1. The van der Waals surface area contributed by atoms with E-state index in [1.165, 1.54) is 76.5 Å². The van der Waals surface area contributed by atoms with Gasteiger partial charge < -0.3 is 10.6 Å². The first-order chi connectivity index (χ1) is 17.3. The molecular formula is C26H23F2N5O3. The molecule has 0 radical (unpaired) electrons. The third kappa shape index (κ3) is 5.28. The van der Waals surface area contributed by atoms with E-state index in [-0.39, 0.29) is 23.6 Å². The SMILES string of the molecule is CN[C@@H](C)C(=O)Nc1cn(-c2ccc(F)cc2)n(Cc2cncc(C(=O)c3ccc(F)cc3)c2)c1=O. The summed E-state index contributed by atoms with van der Waals surface area (Å²) in [6.45, 7) is 1.66. The third-order valence-electron chi connectivity index (χ3n) is 5.65. The Kier molecular flexibility index (Phi) is 7.16. The van der Waals surface area contributed by atoms with Gasteiger partial charge in [-0.3, -0.25) is 24.0 Å². The summed E-state index contributed by atoms with van der Waals surface area (Å²) in [5.74, 6) is -1.63. The van der Waals surface area contributed by atoms with E-state index >= 15 is 0 Å². The first-order valence-corrected chi connectivity index (χ1v) is 11.1. The number of carbonyl (C=O) groups excluding carboxylic acids is 2. The van der Waals surface area contributed by atoms with Crippen molar-refractivity contribution in [2.75, 3.05) is 12.4 Å². The zero-order chi connectivity index (χ0) is 25.8. The van der Waals surface area contributed by atoms with Crippen LogP contribution in [0.4, 0.5) is 14.5 Å². The number of rotatable bonds is 8. The second-order valence-corrected chi connectivity index (χ2v) is 8.14. The van der Waals surface area contributed by atoms with E-state index in [9.17, 15) is 23.2 Å². The van der Waals surface area contributed by atoms with Crippen LogP contribution >= 0.6 is 0 Å². The van der Waals surface area contributed by atoms with Crippen LogP contribution in [-0.2, 0) is 11.3 Å². The summed E-state index contributed by atoms with van der Waals surface area (Å²) in [6.07, 6.45) is 4.36. The lowest BCUT2D eigenvalue weighted by atomic mass is 10.0. The second-order valence-electron chi connectivity index (χ2n) is 8.14. The lowest BCUT2D eigenvalue weighted by Gasteiger charge is -2.12. The lowest BCUT2D eigenvalue weighted by Crippen LogP contribution is -2.36. The molecule has 184 valence electrons. The summed E-state index contributed by atoms with van der Waals surface area (Å²) >= 11 is 0. The van der Waals surface area contributed by atoms with E-state index in [1.54, 1.807) is 20.0 Å². The van der Waals surface area contributed by atoms with Crippen molar-refractivity contribution in [2.24, 2.45) is 0 Å². The Morgan fingerprint density at radius 3 is 2.25 bits per heavy atom. The molecule has 4 rings (SSSR count). The van der Waals surface area contributed by atoms with Gasteiger partial charge in [-0.2, -0.15) is 0 Å². The Morgan fingerprint density at radius 1 is 0.972 bits per heavy atom. The van der Waals surface area contributed by atoms with Gasteiger partial charge in [0.1, 0.15) is 17.3 Å². The van der Waals surface area contributed by atoms with Gasteiger partial charge in [0.25, 0.3) is 5.56 Å². The van der Waals surface area contributed by atoms with Crippen LogP contribution in [-0.4, -0.2) is 39.1 Å². The van der Waals surface area contributed by atoms with Gasteiger partial charge in [-0.05, 0) is 74.1 Å². The minimum atomic E-state index is -0.537. The molecule has 10 heteroatoms. The van der Waals surface area contributed by atoms with Gasteiger partial charge in [0.05, 0.1) is 24.5 Å². The summed E-state index contributed by atoms with van der Waals surface area (Å²) in [5, 5.41) is 5.42. The van der Waals surface area contributed by atoms with Gasteiger partial charge in [0.15, 0.2) is 5.78 Å². The van der Waals surface area contributed by atoms with E-state index < -0.39 is 29.1 Å². The topological polar surface area (TPSA) is 98.0 Å². The van der Waals surface area contributed by atoms with Crippen LogP contribution in [0.5, 0.6) is 0 Å². The highest BCUT2D eigenvalue weighted by atomic mass is 19.1. The number of halogens is 2. The number of hydrogen-bond donors (Lipinski definition) is 2. The van der Waals surface area contributed by atoms with Gasteiger partial charge in [-0.15, -0.1) is 0 Å². The third-order valence-corrected chi connectivity index (χ3v) is 5.65. The van der Waals surface area contributed by atoms with E-state index in [0.29, 0.717) is 16.8 Å². The van der Waals surface area contributed by atoms with Crippen LogP contribution in [0.25, 0.3) is 5.69 Å². The van der Waals surface area contributed by atoms with E-state index in [0.717, 1.165) is 0 Å². The molecule has 1 atom stereocenters. The number of pyridine rings is 1. The Morgan fingerprint density at radius 2 is 1.61 bits per heavy atom. The summed E-state index contributed by atoms with van der Waals surface area (Å²) in [6, 6.07) is 11.7. The van der Waals surface area contributed by atoms with Gasteiger partial charge >= 0.3 is 0 Å². The number of carbonyl (C=O) groups is 2. The standard InChI is InChI=1S/C26H23F2N5O3/c1-16(29-2)25(35)31-23-15-32(22-9-7-21(28)8-10-22)33(26(23)36)14-17-11-19(13-30-12-17)24(34)18-3-5-20(27)6-4-18/h3-13,15-16,29H,14H2,1-2H3,(H,31,35)/t16-/m0/s1. The van der Waals surface area contributed by atoms with Crippen LogP contribution in [0, 0.1) is 11.6 Å². The average Bonchev–Trinajstić information content (AvgIpc) is 3.18. The molecule has 2 aromatic heterocycles. The highest BCUT2D eigenvalue weighted by Crippen LogP contribution is 2.16. The molecule has 0 spiro atoms. The molecule has 1 amide bonds. The predicted octanol–water partition coefficient (Wildman–Crippen LogP) is 3.14. The normalized spacial score (nSPS) is 11.8. The first kappa shape index (κ1) is 24.7. The van der Waals surface area contributed by atoms with Crippen LogP contribution in [0.15, 0.2) is 78.0 Å². The van der Waals surface area contributed by atoms with Gasteiger partial charge in [0, 0.05) is 23.5 Å². The number of nitrogens with zero attached hydrogens (tertiary/aromatic N) is 3. The lowest BCUT2D eigenvalue weighted by molar-refractivity contribution is -0.117. The molecule has 0 aliphatic heterocycles. The Hall–Kier alpha value is -4.44. The molecule has 0 fully saturated rings. The van der Waals surface area contributed by atoms with E-state index in [4.69, 9.17) is 0 Å². The molecule has 8 nitrogen and oxygen atoms in total. The van der Waals surface area contributed by atoms with Crippen LogP contribution in [0.1, 0.15) is 28.4 Å². The monoisotopic (exact) mass is 491 g/mol. The highest BCUT2D eigenvalue weighted by Gasteiger charge is 2.19. The van der Waals surface area contributed by atoms with Crippen LogP contribution in [0.3, 0.4) is 0 Å². The summed E-state index contributed by atoms with van der Waals surface area (Å²) in [7, 11) is 1.62.